The van der Waals surface area contributed by atoms with Crippen LogP contribution in [0.1, 0.15) is 25.1 Å². The third-order valence-corrected chi connectivity index (χ3v) is 3.14. The molecule has 1 heterocycles. The quantitative estimate of drug-likeness (QED) is 0.432. The van der Waals surface area contributed by atoms with Crippen LogP contribution in [0.3, 0.4) is 0 Å². The van der Waals surface area contributed by atoms with E-state index < -0.39 is 0 Å². The molecule has 1 aromatic rings. The van der Waals surface area contributed by atoms with Gasteiger partial charge < -0.3 is 15.4 Å². The molecule has 0 saturated heterocycles. The lowest BCUT2D eigenvalue weighted by molar-refractivity contribution is 0.145. The number of hydrogen-bond donors (Lipinski definition) is 2. The first-order valence-corrected chi connectivity index (χ1v) is 7.37. The van der Waals surface area contributed by atoms with Crippen LogP contribution in [0.4, 0.5) is 0 Å². The number of rotatable bonds is 8. The van der Waals surface area contributed by atoms with Gasteiger partial charge in [-0.15, -0.1) is 11.3 Å². The summed E-state index contributed by atoms with van der Waals surface area (Å²) in [6.45, 7) is 8.17. The van der Waals surface area contributed by atoms with Gasteiger partial charge in [0.2, 0.25) is 0 Å². The van der Waals surface area contributed by atoms with Crippen LogP contribution < -0.4 is 10.6 Å². The number of nitrogens with zero attached hydrogens (tertiary/aromatic N) is 1. The highest BCUT2D eigenvalue weighted by Gasteiger charge is 1.97. The van der Waals surface area contributed by atoms with Gasteiger partial charge in [0.1, 0.15) is 0 Å². The summed E-state index contributed by atoms with van der Waals surface area (Å²) >= 11 is 1.74. The van der Waals surface area contributed by atoms with Crippen molar-refractivity contribution < 1.29 is 4.74 Å². The smallest absolute Gasteiger partial charge is 0.191 e. The van der Waals surface area contributed by atoms with E-state index in [1.54, 1.807) is 11.3 Å². The molecule has 0 amide bonds. The topological polar surface area (TPSA) is 45.7 Å². The van der Waals surface area contributed by atoms with Gasteiger partial charge in [0.15, 0.2) is 5.96 Å². The van der Waals surface area contributed by atoms with Gasteiger partial charge in [-0.3, -0.25) is 0 Å². The first-order chi connectivity index (χ1) is 8.86. The number of nitrogens with one attached hydrogen (secondary N) is 2. The number of hydrogen-bond acceptors (Lipinski definition) is 3. The predicted octanol–water partition coefficient (Wildman–Crippen LogP) is 2.23. The summed E-state index contributed by atoms with van der Waals surface area (Å²) in [6, 6.07) is 4.16. The largest absolute Gasteiger partial charge is 0.382 e. The molecule has 1 aromatic heterocycles. The summed E-state index contributed by atoms with van der Waals surface area (Å²) in [4.78, 5) is 5.82. The van der Waals surface area contributed by atoms with Gasteiger partial charge in [-0.25, -0.2) is 4.99 Å². The van der Waals surface area contributed by atoms with Crippen LogP contribution in [-0.4, -0.2) is 32.3 Å². The molecule has 0 radical (unpaired) electrons. The first-order valence-electron chi connectivity index (χ1n) is 6.49. The summed E-state index contributed by atoms with van der Waals surface area (Å²) in [5.41, 5.74) is 0. The molecule has 102 valence electrons. The summed E-state index contributed by atoms with van der Waals surface area (Å²) < 4.78 is 5.30. The monoisotopic (exact) mass is 269 g/mol. The molecule has 0 bridgehead atoms. The van der Waals surface area contributed by atoms with Crippen molar-refractivity contribution in [3.05, 3.63) is 22.4 Å². The Morgan fingerprint density at radius 1 is 1.39 bits per heavy atom. The van der Waals surface area contributed by atoms with Gasteiger partial charge in [-0.1, -0.05) is 6.07 Å². The van der Waals surface area contributed by atoms with E-state index in [9.17, 15) is 0 Å². The first kappa shape index (κ1) is 15.0. The van der Waals surface area contributed by atoms with Crippen LogP contribution in [0.15, 0.2) is 22.5 Å². The van der Waals surface area contributed by atoms with Gasteiger partial charge in [0.25, 0.3) is 0 Å². The third-order valence-electron chi connectivity index (χ3n) is 2.28. The Kier molecular flexibility index (Phi) is 8.25. The molecule has 18 heavy (non-hydrogen) atoms. The van der Waals surface area contributed by atoms with Crippen molar-refractivity contribution in [3.63, 3.8) is 0 Å². The fourth-order valence-corrected chi connectivity index (χ4v) is 2.05. The highest BCUT2D eigenvalue weighted by molar-refractivity contribution is 7.09. The van der Waals surface area contributed by atoms with Crippen LogP contribution in [0, 0.1) is 0 Å². The minimum absolute atomic E-state index is 0.735. The highest BCUT2D eigenvalue weighted by atomic mass is 32.1. The minimum Gasteiger partial charge on any atom is -0.382 e. The van der Waals surface area contributed by atoms with Crippen LogP contribution in [0.25, 0.3) is 0 Å². The number of guanidine groups is 1. The Hall–Kier alpha value is -1.07. The highest BCUT2D eigenvalue weighted by Crippen LogP contribution is 2.09. The van der Waals surface area contributed by atoms with Crippen LogP contribution >= 0.6 is 11.3 Å². The molecule has 0 aliphatic carbocycles. The zero-order chi connectivity index (χ0) is 13.1. The van der Waals surface area contributed by atoms with Crippen LogP contribution in [0.2, 0.25) is 0 Å². The minimum atomic E-state index is 0.735. The third kappa shape index (κ3) is 6.61. The maximum Gasteiger partial charge on any atom is 0.191 e. The molecule has 2 N–H and O–H groups in total. The molecule has 1 rings (SSSR count). The van der Waals surface area contributed by atoms with Gasteiger partial charge in [0, 0.05) is 31.2 Å². The Bertz CT molecular complexity index is 325. The number of ether oxygens (including phenoxy) is 1. The molecular weight excluding hydrogens is 246 g/mol. The molecule has 0 aliphatic rings. The van der Waals surface area contributed by atoms with Crippen molar-refractivity contribution in [3.8, 4) is 0 Å². The van der Waals surface area contributed by atoms with E-state index in [1.807, 2.05) is 6.92 Å². The summed E-state index contributed by atoms with van der Waals surface area (Å²) in [5, 5.41) is 8.62. The predicted molar refractivity (Wildman–Crippen MR) is 78.2 cm³/mol. The second kappa shape index (κ2) is 9.91. The van der Waals surface area contributed by atoms with E-state index in [2.05, 4.69) is 40.1 Å². The maximum atomic E-state index is 5.30. The lowest BCUT2D eigenvalue weighted by Crippen LogP contribution is -2.38. The molecule has 5 heteroatoms. The van der Waals surface area contributed by atoms with Gasteiger partial charge >= 0.3 is 0 Å². The Labute approximate surface area is 113 Å². The van der Waals surface area contributed by atoms with Crippen molar-refractivity contribution in [1.82, 2.24) is 10.6 Å². The van der Waals surface area contributed by atoms with E-state index in [4.69, 9.17) is 4.74 Å². The normalized spacial score (nSPS) is 11.6. The van der Waals surface area contributed by atoms with E-state index in [1.165, 1.54) is 4.88 Å². The molecule has 0 spiro atoms. The van der Waals surface area contributed by atoms with Crippen molar-refractivity contribution >= 4 is 17.3 Å². The lowest BCUT2D eigenvalue weighted by atomic mass is 10.4. The van der Waals surface area contributed by atoms with E-state index >= 15 is 0 Å². The zero-order valence-electron chi connectivity index (χ0n) is 11.2. The van der Waals surface area contributed by atoms with Gasteiger partial charge in [-0.05, 0) is 31.7 Å². The van der Waals surface area contributed by atoms with Crippen LogP contribution in [0.5, 0.6) is 0 Å². The average Bonchev–Trinajstić information content (AvgIpc) is 2.88. The van der Waals surface area contributed by atoms with E-state index in [0.717, 1.165) is 45.2 Å². The Morgan fingerprint density at radius 2 is 2.28 bits per heavy atom. The second-order valence-corrected chi connectivity index (χ2v) is 4.78. The molecule has 0 unspecified atom stereocenters. The second-order valence-electron chi connectivity index (χ2n) is 3.75. The lowest BCUT2D eigenvalue weighted by Gasteiger charge is -2.10. The van der Waals surface area contributed by atoms with Crippen molar-refractivity contribution in [2.75, 3.05) is 26.3 Å². The van der Waals surface area contributed by atoms with Crippen LogP contribution in [-0.2, 0) is 11.3 Å². The average molecular weight is 269 g/mol. The molecular formula is C13H23N3OS. The SMILES string of the molecule is CCNC(=NCc1cccs1)NCCCOCC. The summed E-state index contributed by atoms with van der Waals surface area (Å²) in [7, 11) is 0. The van der Waals surface area contributed by atoms with E-state index in [-0.39, 0.29) is 0 Å². The summed E-state index contributed by atoms with van der Waals surface area (Å²) in [5.74, 6) is 0.877. The molecule has 0 aromatic carbocycles. The maximum absolute atomic E-state index is 5.30. The fraction of sp³-hybridized carbons (Fsp3) is 0.615. The summed E-state index contributed by atoms with van der Waals surface area (Å²) in [6.07, 6.45) is 0.997. The Morgan fingerprint density at radius 3 is 2.94 bits per heavy atom. The fourth-order valence-electron chi connectivity index (χ4n) is 1.43. The van der Waals surface area contributed by atoms with Crippen molar-refractivity contribution in [1.29, 1.82) is 0 Å². The molecule has 4 nitrogen and oxygen atoms in total. The van der Waals surface area contributed by atoms with Gasteiger partial charge in [-0.2, -0.15) is 0 Å². The van der Waals surface area contributed by atoms with Gasteiger partial charge in [0.05, 0.1) is 6.54 Å². The van der Waals surface area contributed by atoms with E-state index in [0.29, 0.717) is 0 Å². The molecule has 0 aliphatic heterocycles. The number of thiophene rings is 1. The van der Waals surface area contributed by atoms with Crippen molar-refractivity contribution in [2.24, 2.45) is 4.99 Å². The molecule has 0 fully saturated rings. The number of aliphatic imine (C=N–C) groups is 1. The van der Waals surface area contributed by atoms with Crippen molar-refractivity contribution in [2.45, 2.75) is 26.8 Å². The Balaban J connectivity index is 2.27. The standard InChI is InChI=1S/C13H23N3OS/c1-3-14-13(15-8-6-9-17-4-2)16-11-12-7-5-10-18-12/h5,7,10H,3-4,6,8-9,11H2,1-2H3,(H2,14,15,16). The molecule has 0 atom stereocenters. The zero-order valence-corrected chi connectivity index (χ0v) is 12.1. The molecule has 0 saturated carbocycles.